The molecule has 1 N–H and O–H groups in total. The summed E-state index contributed by atoms with van der Waals surface area (Å²) in [5.74, 6) is 3.37. The normalized spacial score (nSPS) is 25.8. The number of rotatable bonds is 5. The number of piperidine rings is 2. The summed E-state index contributed by atoms with van der Waals surface area (Å²) in [4.78, 5) is 14.3. The summed E-state index contributed by atoms with van der Waals surface area (Å²) >= 11 is 1.80. The van der Waals surface area contributed by atoms with Crippen LogP contribution in [0, 0.1) is 17.8 Å². The second-order valence-corrected chi connectivity index (χ2v) is 9.53. The van der Waals surface area contributed by atoms with Crippen molar-refractivity contribution in [2.75, 3.05) is 39.8 Å². The summed E-state index contributed by atoms with van der Waals surface area (Å²) in [6.07, 6.45) is 4.92. The lowest BCUT2D eigenvalue weighted by Gasteiger charge is -2.38. The minimum Gasteiger partial charge on any atom is -0.356 e. The highest BCUT2D eigenvalue weighted by Crippen LogP contribution is 2.22. The van der Waals surface area contributed by atoms with Crippen molar-refractivity contribution in [2.45, 2.75) is 53.0 Å². The summed E-state index contributed by atoms with van der Waals surface area (Å²) in [5, 5.41) is 7.17. The van der Waals surface area contributed by atoms with Gasteiger partial charge in [0.05, 0.1) is 10.7 Å². The lowest BCUT2D eigenvalue weighted by Crippen LogP contribution is -2.50. The first kappa shape index (κ1) is 20.6. The topological polar surface area (TPSA) is 43.8 Å². The number of aliphatic imine (C=N–C) groups is 1. The minimum atomic E-state index is 0.749. The van der Waals surface area contributed by atoms with Crippen molar-refractivity contribution in [1.29, 1.82) is 0 Å². The number of aryl methyl sites for hydroxylation is 1. The van der Waals surface area contributed by atoms with Gasteiger partial charge in [-0.3, -0.25) is 9.89 Å². The molecule has 1 aromatic rings. The molecule has 1 aromatic heterocycles. The second kappa shape index (κ2) is 9.87. The molecule has 2 aliphatic heterocycles. The van der Waals surface area contributed by atoms with Crippen molar-refractivity contribution in [3.8, 4) is 0 Å². The van der Waals surface area contributed by atoms with Gasteiger partial charge < -0.3 is 10.2 Å². The van der Waals surface area contributed by atoms with Gasteiger partial charge in [-0.15, -0.1) is 11.3 Å². The number of nitrogens with zero attached hydrogens (tertiary/aromatic N) is 4. The SMILES string of the molecule is CCc1nc(CN2CCC(CNC(=NC)N3CC(C)CC(C)C3)CC2)cs1. The first-order valence-corrected chi connectivity index (χ1v) is 11.6. The Morgan fingerprint density at radius 3 is 2.56 bits per heavy atom. The maximum absolute atomic E-state index is 4.72. The maximum atomic E-state index is 4.72. The third kappa shape index (κ3) is 5.92. The van der Waals surface area contributed by atoms with Crippen LogP contribution in [-0.4, -0.2) is 60.5 Å². The largest absolute Gasteiger partial charge is 0.356 e. The molecule has 3 rings (SSSR count). The molecule has 3 heterocycles. The van der Waals surface area contributed by atoms with E-state index in [-0.39, 0.29) is 0 Å². The zero-order chi connectivity index (χ0) is 19.2. The van der Waals surface area contributed by atoms with Crippen LogP contribution in [0.3, 0.4) is 0 Å². The monoisotopic (exact) mass is 391 g/mol. The van der Waals surface area contributed by atoms with Crippen LogP contribution in [0.15, 0.2) is 10.4 Å². The van der Waals surface area contributed by atoms with Crippen molar-refractivity contribution in [3.05, 3.63) is 16.1 Å². The van der Waals surface area contributed by atoms with Crippen LogP contribution in [0.4, 0.5) is 0 Å². The zero-order valence-corrected chi connectivity index (χ0v) is 18.4. The van der Waals surface area contributed by atoms with Crippen LogP contribution in [0.1, 0.15) is 50.7 Å². The fourth-order valence-electron chi connectivity index (χ4n) is 4.57. The van der Waals surface area contributed by atoms with Gasteiger partial charge in [-0.05, 0) is 56.5 Å². The van der Waals surface area contributed by atoms with Crippen LogP contribution in [0.25, 0.3) is 0 Å². The van der Waals surface area contributed by atoms with Crippen molar-refractivity contribution in [1.82, 2.24) is 20.1 Å². The average molecular weight is 392 g/mol. The van der Waals surface area contributed by atoms with E-state index in [2.05, 4.69) is 46.3 Å². The molecule has 2 saturated heterocycles. The fraction of sp³-hybridized carbons (Fsp3) is 0.810. The van der Waals surface area contributed by atoms with E-state index in [1.165, 1.54) is 43.1 Å². The van der Waals surface area contributed by atoms with Gasteiger partial charge in [-0.25, -0.2) is 4.98 Å². The Kier molecular flexibility index (Phi) is 7.53. The van der Waals surface area contributed by atoms with E-state index in [0.29, 0.717) is 0 Å². The molecule has 152 valence electrons. The van der Waals surface area contributed by atoms with Gasteiger partial charge in [-0.2, -0.15) is 0 Å². The van der Waals surface area contributed by atoms with Gasteiger partial charge in [0.25, 0.3) is 0 Å². The van der Waals surface area contributed by atoms with Crippen molar-refractivity contribution >= 4 is 17.3 Å². The first-order valence-electron chi connectivity index (χ1n) is 10.7. The number of thiazole rings is 1. The Morgan fingerprint density at radius 2 is 1.96 bits per heavy atom. The number of nitrogens with one attached hydrogen (secondary N) is 1. The summed E-state index contributed by atoms with van der Waals surface area (Å²) in [5.41, 5.74) is 1.25. The Bertz CT molecular complexity index is 595. The Balaban J connectivity index is 1.40. The van der Waals surface area contributed by atoms with E-state index in [1.807, 2.05) is 7.05 Å². The summed E-state index contributed by atoms with van der Waals surface area (Å²) in [6, 6.07) is 0. The van der Waals surface area contributed by atoms with Gasteiger partial charge in [-0.1, -0.05) is 20.8 Å². The molecular weight excluding hydrogens is 354 g/mol. The first-order chi connectivity index (χ1) is 13.1. The standard InChI is InChI=1S/C21H37N5S/c1-5-20-24-19(15-27-20)14-25-8-6-18(7-9-25)11-23-21(22-4)26-12-16(2)10-17(3)13-26/h15-18H,5-14H2,1-4H3,(H,22,23). The van der Waals surface area contributed by atoms with Crippen molar-refractivity contribution < 1.29 is 0 Å². The molecule has 0 saturated carbocycles. The average Bonchev–Trinajstić information content (AvgIpc) is 3.10. The fourth-order valence-corrected chi connectivity index (χ4v) is 5.30. The second-order valence-electron chi connectivity index (χ2n) is 8.58. The smallest absolute Gasteiger partial charge is 0.193 e. The third-order valence-electron chi connectivity index (χ3n) is 5.92. The molecule has 2 aliphatic rings. The van der Waals surface area contributed by atoms with Crippen molar-refractivity contribution in [3.63, 3.8) is 0 Å². The van der Waals surface area contributed by atoms with E-state index in [1.54, 1.807) is 11.3 Å². The van der Waals surface area contributed by atoms with Gasteiger partial charge >= 0.3 is 0 Å². The molecule has 2 unspecified atom stereocenters. The summed E-state index contributed by atoms with van der Waals surface area (Å²) < 4.78 is 0. The van der Waals surface area contributed by atoms with Gasteiger partial charge in [0, 0.05) is 38.6 Å². The molecule has 0 aromatic carbocycles. The van der Waals surface area contributed by atoms with Gasteiger partial charge in [0.2, 0.25) is 0 Å². The lowest BCUT2D eigenvalue weighted by molar-refractivity contribution is 0.173. The number of hydrogen-bond acceptors (Lipinski definition) is 4. The van der Waals surface area contributed by atoms with Crippen molar-refractivity contribution in [2.24, 2.45) is 22.7 Å². The number of aromatic nitrogens is 1. The number of likely N-dealkylation sites (tertiary alicyclic amines) is 2. The molecule has 2 atom stereocenters. The molecule has 5 nitrogen and oxygen atoms in total. The predicted molar refractivity (Wildman–Crippen MR) is 115 cm³/mol. The molecule has 27 heavy (non-hydrogen) atoms. The van der Waals surface area contributed by atoms with Crippen LogP contribution in [0.2, 0.25) is 0 Å². The van der Waals surface area contributed by atoms with E-state index in [4.69, 9.17) is 4.98 Å². The Hall–Kier alpha value is -1.14. The van der Waals surface area contributed by atoms with Crippen LogP contribution in [-0.2, 0) is 13.0 Å². The van der Waals surface area contributed by atoms with E-state index < -0.39 is 0 Å². The molecule has 0 radical (unpaired) electrons. The zero-order valence-electron chi connectivity index (χ0n) is 17.6. The van der Waals surface area contributed by atoms with Gasteiger partial charge in [0.15, 0.2) is 5.96 Å². The maximum Gasteiger partial charge on any atom is 0.193 e. The third-order valence-corrected chi connectivity index (χ3v) is 6.97. The highest BCUT2D eigenvalue weighted by atomic mass is 32.1. The molecule has 0 amide bonds. The number of hydrogen-bond donors (Lipinski definition) is 1. The molecule has 0 aliphatic carbocycles. The van der Waals surface area contributed by atoms with Gasteiger partial charge in [0.1, 0.15) is 0 Å². The molecule has 0 spiro atoms. The van der Waals surface area contributed by atoms with E-state index >= 15 is 0 Å². The van der Waals surface area contributed by atoms with Crippen LogP contribution in [0.5, 0.6) is 0 Å². The molecule has 0 bridgehead atoms. The van der Waals surface area contributed by atoms with E-state index in [9.17, 15) is 0 Å². The van der Waals surface area contributed by atoms with Crippen LogP contribution >= 0.6 is 11.3 Å². The highest BCUT2D eigenvalue weighted by molar-refractivity contribution is 7.09. The quantitative estimate of drug-likeness (QED) is 0.617. The minimum absolute atomic E-state index is 0.749. The number of guanidine groups is 1. The highest BCUT2D eigenvalue weighted by Gasteiger charge is 2.25. The Morgan fingerprint density at radius 1 is 1.26 bits per heavy atom. The Labute approximate surface area is 169 Å². The van der Waals surface area contributed by atoms with E-state index in [0.717, 1.165) is 56.3 Å². The molecular formula is C21H37N5S. The lowest BCUT2D eigenvalue weighted by atomic mass is 9.92. The molecule has 2 fully saturated rings. The molecule has 6 heteroatoms. The summed E-state index contributed by atoms with van der Waals surface area (Å²) in [6.45, 7) is 13.6. The van der Waals surface area contributed by atoms with Crippen LogP contribution < -0.4 is 5.32 Å². The predicted octanol–water partition coefficient (Wildman–Crippen LogP) is 3.47. The summed E-state index contributed by atoms with van der Waals surface area (Å²) in [7, 11) is 1.92.